The molecule has 1 atom stereocenters. The van der Waals surface area contributed by atoms with Crippen molar-refractivity contribution in [1.82, 2.24) is 19.7 Å². The van der Waals surface area contributed by atoms with Crippen molar-refractivity contribution in [2.45, 2.75) is 70.9 Å². The molecule has 1 saturated heterocycles. The molecular weight excluding hydrogens is 324 g/mol. The summed E-state index contributed by atoms with van der Waals surface area (Å²) in [7, 11) is 0. The third-order valence-corrected chi connectivity index (χ3v) is 5.72. The molecule has 1 aromatic carbocycles. The molecule has 0 spiro atoms. The van der Waals surface area contributed by atoms with E-state index in [2.05, 4.69) is 50.9 Å². The number of hydrogen-bond acceptors (Lipinski definition) is 3. The normalized spacial score (nSPS) is 20.0. The number of rotatable bonds is 4. The van der Waals surface area contributed by atoms with Gasteiger partial charge in [-0.2, -0.15) is 0 Å². The van der Waals surface area contributed by atoms with Gasteiger partial charge in [-0.3, -0.25) is 4.79 Å². The first-order valence-corrected chi connectivity index (χ1v) is 9.99. The van der Waals surface area contributed by atoms with Crippen molar-refractivity contribution in [3.8, 4) is 0 Å². The lowest BCUT2D eigenvalue weighted by molar-refractivity contribution is -0.132. The number of aryl methyl sites for hydroxylation is 3. The maximum absolute atomic E-state index is 12.9. The highest BCUT2D eigenvalue weighted by molar-refractivity contribution is 5.77. The molecule has 0 saturated carbocycles. The van der Waals surface area contributed by atoms with Crippen molar-refractivity contribution in [3.05, 3.63) is 47.0 Å². The van der Waals surface area contributed by atoms with Gasteiger partial charge in [0, 0.05) is 25.9 Å². The van der Waals surface area contributed by atoms with E-state index >= 15 is 0 Å². The SMILES string of the molecule is Cc1cccc(CCC(=O)N2CCC[C@H]2c2nnc3n2CCCCC3)c1. The Morgan fingerprint density at radius 2 is 2.08 bits per heavy atom. The van der Waals surface area contributed by atoms with E-state index in [-0.39, 0.29) is 11.9 Å². The Hall–Kier alpha value is -2.17. The highest BCUT2D eigenvalue weighted by atomic mass is 16.2. The van der Waals surface area contributed by atoms with Crippen LogP contribution < -0.4 is 0 Å². The van der Waals surface area contributed by atoms with Gasteiger partial charge in [0.25, 0.3) is 0 Å². The number of fused-ring (bicyclic) bond motifs is 1. The van der Waals surface area contributed by atoms with Gasteiger partial charge in [-0.25, -0.2) is 0 Å². The molecule has 0 bridgehead atoms. The summed E-state index contributed by atoms with van der Waals surface area (Å²) in [6.45, 7) is 3.94. The molecule has 2 aliphatic rings. The van der Waals surface area contributed by atoms with Gasteiger partial charge in [0.1, 0.15) is 5.82 Å². The fourth-order valence-electron chi connectivity index (χ4n) is 4.35. The zero-order valence-electron chi connectivity index (χ0n) is 15.7. The van der Waals surface area contributed by atoms with Gasteiger partial charge >= 0.3 is 0 Å². The molecule has 3 heterocycles. The molecule has 0 N–H and O–H groups in total. The van der Waals surface area contributed by atoms with Gasteiger partial charge in [-0.05, 0) is 44.6 Å². The van der Waals surface area contributed by atoms with E-state index in [0.717, 1.165) is 50.4 Å². The van der Waals surface area contributed by atoms with Crippen molar-refractivity contribution in [3.63, 3.8) is 0 Å². The molecule has 0 aliphatic carbocycles. The van der Waals surface area contributed by atoms with E-state index in [9.17, 15) is 4.79 Å². The summed E-state index contributed by atoms with van der Waals surface area (Å²) in [5, 5.41) is 8.94. The van der Waals surface area contributed by atoms with Crippen LogP contribution in [0, 0.1) is 6.92 Å². The first kappa shape index (κ1) is 17.3. The number of carbonyl (C=O) groups excluding carboxylic acids is 1. The second-order valence-electron chi connectivity index (χ2n) is 7.67. The quantitative estimate of drug-likeness (QED) is 0.845. The largest absolute Gasteiger partial charge is 0.332 e. The predicted octanol–water partition coefficient (Wildman–Crippen LogP) is 3.61. The molecule has 2 aromatic rings. The number of likely N-dealkylation sites (tertiary alicyclic amines) is 1. The zero-order valence-corrected chi connectivity index (χ0v) is 15.7. The third-order valence-electron chi connectivity index (χ3n) is 5.72. The van der Waals surface area contributed by atoms with E-state index in [1.165, 1.54) is 30.4 Å². The molecular formula is C21H28N4O. The second-order valence-corrected chi connectivity index (χ2v) is 7.67. The third kappa shape index (κ3) is 3.53. The number of hydrogen-bond donors (Lipinski definition) is 0. The maximum Gasteiger partial charge on any atom is 0.223 e. The summed E-state index contributed by atoms with van der Waals surface area (Å²) < 4.78 is 2.30. The molecule has 0 radical (unpaired) electrons. The Balaban J connectivity index is 1.46. The minimum absolute atomic E-state index is 0.111. The van der Waals surface area contributed by atoms with Crippen molar-refractivity contribution >= 4 is 5.91 Å². The summed E-state index contributed by atoms with van der Waals surface area (Å²) in [6, 6.07) is 8.56. The van der Waals surface area contributed by atoms with E-state index < -0.39 is 0 Å². The van der Waals surface area contributed by atoms with Crippen LogP contribution in [-0.4, -0.2) is 32.1 Å². The molecule has 138 valence electrons. The first-order chi connectivity index (χ1) is 12.7. The van der Waals surface area contributed by atoms with Crippen LogP contribution in [0.15, 0.2) is 24.3 Å². The zero-order chi connectivity index (χ0) is 17.9. The number of carbonyl (C=O) groups is 1. The lowest BCUT2D eigenvalue weighted by atomic mass is 10.1. The number of nitrogens with zero attached hydrogens (tertiary/aromatic N) is 4. The van der Waals surface area contributed by atoms with Gasteiger partial charge in [0.05, 0.1) is 6.04 Å². The topological polar surface area (TPSA) is 51.0 Å². The van der Waals surface area contributed by atoms with Gasteiger partial charge in [0.2, 0.25) is 5.91 Å². The number of aromatic nitrogens is 3. The Morgan fingerprint density at radius 3 is 2.96 bits per heavy atom. The smallest absolute Gasteiger partial charge is 0.223 e. The monoisotopic (exact) mass is 352 g/mol. The van der Waals surface area contributed by atoms with Crippen LogP contribution in [0.2, 0.25) is 0 Å². The maximum atomic E-state index is 12.9. The molecule has 26 heavy (non-hydrogen) atoms. The standard InChI is InChI=1S/C21H28N4O/c1-16-7-5-8-17(15-16)11-12-20(26)24-14-6-9-18(24)21-23-22-19-10-3-2-4-13-25(19)21/h5,7-8,15,18H,2-4,6,9-14H2,1H3/t18-/m0/s1. The Labute approximate surface area is 155 Å². The molecule has 1 fully saturated rings. The minimum Gasteiger partial charge on any atom is -0.332 e. The summed E-state index contributed by atoms with van der Waals surface area (Å²) in [6.07, 6.45) is 8.10. The second kappa shape index (κ2) is 7.60. The molecule has 2 aliphatic heterocycles. The fourth-order valence-corrected chi connectivity index (χ4v) is 4.35. The van der Waals surface area contributed by atoms with Crippen LogP contribution in [0.4, 0.5) is 0 Å². The Kier molecular flexibility index (Phi) is 5.05. The van der Waals surface area contributed by atoms with Gasteiger partial charge in [0.15, 0.2) is 5.82 Å². The molecule has 5 nitrogen and oxygen atoms in total. The first-order valence-electron chi connectivity index (χ1n) is 9.99. The van der Waals surface area contributed by atoms with Gasteiger partial charge in [-0.1, -0.05) is 36.2 Å². The summed E-state index contributed by atoms with van der Waals surface area (Å²) >= 11 is 0. The van der Waals surface area contributed by atoms with Crippen molar-refractivity contribution in [1.29, 1.82) is 0 Å². The molecule has 1 aromatic heterocycles. The van der Waals surface area contributed by atoms with Crippen molar-refractivity contribution in [2.24, 2.45) is 0 Å². The van der Waals surface area contributed by atoms with E-state index in [1.54, 1.807) is 0 Å². The highest BCUT2D eigenvalue weighted by Crippen LogP contribution is 2.33. The van der Waals surface area contributed by atoms with Crippen LogP contribution in [0.25, 0.3) is 0 Å². The predicted molar refractivity (Wildman–Crippen MR) is 101 cm³/mol. The summed E-state index contributed by atoms with van der Waals surface area (Å²) in [4.78, 5) is 15.0. The van der Waals surface area contributed by atoms with Crippen LogP contribution in [-0.2, 0) is 24.2 Å². The highest BCUT2D eigenvalue weighted by Gasteiger charge is 2.34. The van der Waals surface area contributed by atoms with Crippen molar-refractivity contribution < 1.29 is 4.79 Å². The average molecular weight is 352 g/mol. The summed E-state index contributed by atoms with van der Waals surface area (Å²) in [5.74, 6) is 2.37. The number of amides is 1. The molecule has 4 rings (SSSR count). The van der Waals surface area contributed by atoms with Crippen LogP contribution in [0.5, 0.6) is 0 Å². The van der Waals surface area contributed by atoms with Crippen molar-refractivity contribution in [2.75, 3.05) is 6.54 Å². The van der Waals surface area contributed by atoms with Gasteiger partial charge < -0.3 is 9.47 Å². The fraction of sp³-hybridized carbons (Fsp3) is 0.571. The minimum atomic E-state index is 0.111. The average Bonchev–Trinajstić information content (AvgIpc) is 3.21. The Bertz CT molecular complexity index is 782. The lowest BCUT2D eigenvalue weighted by Crippen LogP contribution is -2.32. The molecule has 1 amide bonds. The molecule has 0 unspecified atom stereocenters. The molecule has 5 heteroatoms. The van der Waals surface area contributed by atoms with E-state index in [0.29, 0.717) is 6.42 Å². The van der Waals surface area contributed by atoms with Crippen LogP contribution in [0.1, 0.15) is 67.3 Å². The lowest BCUT2D eigenvalue weighted by Gasteiger charge is -2.25. The summed E-state index contributed by atoms with van der Waals surface area (Å²) in [5.41, 5.74) is 2.49. The number of benzene rings is 1. The Morgan fingerprint density at radius 1 is 1.15 bits per heavy atom. The van der Waals surface area contributed by atoms with Crippen LogP contribution in [0.3, 0.4) is 0 Å². The van der Waals surface area contributed by atoms with Gasteiger partial charge in [-0.15, -0.1) is 10.2 Å². The van der Waals surface area contributed by atoms with E-state index in [1.807, 2.05) is 0 Å². The van der Waals surface area contributed by atoms with Crippen LogP contribution >= 0.6 is 0 Å². The van der Waals surface area contributed by atoms with E-state index in [4.69, 9.17) is 0 Å².